The maximum absolute atomic E-state index is 13.8. The van der Waals surface area contributed by atoms with Crippen LogP contribution in [0.2, 0.25) is 0 Å². The predicted octanol–water partition coefficient (Wildman–Crippen LogP) is 2.26. The number of nitrogens with zero attached hydrogens (tertiary/aromatic N) is 2. The second-order valence-corrected chi connectivity index (χ2v) is 3.98. The predicted molar refractivity (Wildman–Crippen MR) is 65.1 cm³/mol. The van der Waals surface area contributed by atoms with Crippen LogP contribution in [-0.2, 0) is 7.05 Å². The number of hydrogen-bond acceptors (Lipinski definition) is 2. The van der Waals surface area contributed by atoms with Gasteiger partial charge in [0.15, 0.2) is 0 Å². The number of hydrogen-bond donors (Lipinski definition) is 1. The third-order valence-corrected chi connectivity index (χ3v) is 2.65. The van der Waals surface area contributed by atoms with Crippen molar-refractivity contribution in [1.29, 1.82) is 0 Å². The first kappa shape index (κ1) is 11.8. The van der Waals surface area contributed by atoms with Crippen LogP contribution in [-0.4, -0.2) is 16.1 Å². The van der Waals surface area contributed by atoms with E-state index >= 15 is 0 Å². The Morgan fingerprint density at radius 2 is 2.18 bits per heavy atom. The molecular formula is C13H16FN3. The van der Waals surface area contributed by atoms with Crippen molar-refractivity contribution in [3.8, 4) is 0 Å². The largest absolute Gasteiger partial charge is 0.340 e. The molecule has 0 saturated heterocycles. The summed E-state index contributed by atoms with van der Waals surface area (Å²) in [6, 6.07) is 6.61. The van der Waals surface area contributed by atoms with Gasteiger partial charge in [0.1, 0.15) is 5.82 Å². The van der Waals surface area contributed by atoms with Crippen LogP contribution >= 0.6 is 0 Å². The summed E-state index contributed by atoms with van der Waals surface area (Å²) in [7, 11) is 1.90. The highest BCUT2D eigenvalue weighted by Gasteiger charge is 2.18. The van der Waals surface area contributed by atoms with Gasteiger partial charge in [0.05, 0.1) is 18.1 Å². The molecule has 1 N–H and O–H groups in total. The number of imidazole rings is 1. The Morgan fingerprint density at radius 3 is 2.76 bits per heavy atom. The Morgan fingerprint density at radius 1 is 1.41 bits per heavy atom. The van der Waals surface area contributed by atoms with Gasteiger partial charge in [0.25, 0.3) is 0 Å². The fraction of sp³-hybridized carbons (Fsp3) is 0.308. The second kappa shape index (κ2) is 5.10. The summed E-state index contributed by atoms with van der Waals surface area (Å²) in [6.45, 7) is 2.76. The first-order valence-corrected chi connectivity index (χ1v) is 5.68. The van der Waals surface area contributed by atoms with Gasteiger partial charge in [-0.15, -0.1) is 0 Å². The minimum Gasteiger partial charge on any atom is -0.340 e. The fourth-order valence-electron chi connectivity index (χ4n) is 1.87. The van der Waals surface area contributed by atoms with Crippen LogP contribution in [0, 0.1) is 5.82 Å². The molecule has 2 rings (SSSR count). The van der Waals surface area contributed by atoms with Gasteiger partial charge in [-0.25, -0.2) is 9.37 Å². The van der Waals surface area contributed by atoms with Crippen LogP contribution in [0.25, 0.3) is 0 Å². The van der Waals surface area contributed by atoms with Crippen LogP contribution in [0.5, 0.6) is 0 Å². The highest BCUT2D eigenvalue weighted by Crippen LogP contribution is 2.22. The molecule has 1 aromatic carbocycles. The average Bonchev–Trinajstić information content (AvgIpc) is 2.74. The molecule has 4 heteroatoms. The lowest BCUT2D eigenvalue weighted by Crippen LogP contribution is -2.23. The molecule has 0 amide bonds. The van der Waals surface area contributed by atoms with Gasteiger partial charge in [-0.1, -0.05) is 25.1 Å². The minimum atomic E-state index is -0.205. The average molecular weight is 233 g/mol. The number of aromatic nitrogens is 2. The molecule has 1 unspecified atom stereocenters. The molecule has 3 nitrogen and oxygen atoms in total. The van der Waals surface area contributed by atoms with E-state index in [-0.39, 0.29) is 11.9 Å². The molecule has 0 aliphatic carbocycles. The zero-order chi connectivity index (χ0) is 12.3. The van der Waals surface area contributed by atoms with E-state index in [0.717, 1.165) is 12.2 Å². The molecule has 1 atom stereocenters. The highest BCUT2D eigenvalue weighted by atomic mass is 19.1. The van der Waals surface area contributed by atoms with Crippen LogP contribution in [0.4, 0.5) is 4.39 Å². The second-order valence-electron chi connectivity index (χ2n) is 3.98. The van der Waals surface area contributed by atoms with Gasteiger partial charge in [0.2, 0.25) is 0 Å². The van der Waals surface area contributed by atoms with Crippen LogP contribution < -0.4 is 5.32 Å². The van der Waals surface area contributed by atoms with Crippen molar-refractivity contribution in [3.63, 3.8) is 0 Å². The molecule has 90 valence electrons. The maximum atomic E-state index is 13.8. The molecule has 0 aliphatic rings. The molecule has 1 aromatic heterocycles. The van der Waals surface area contributed by atoms with Crippen molar-refractivity contribution in [2.24, 2.45) is 7.05 Å². The minimum absolute atomic E-state index is 0.192. The molecule has 0 spiro atoms. The summed E-state index contributed by atoms with van der Waals surface area (Å²) in [5.74, 6) is -0.205. The smallest absolute Gasteiger partial charge is 0.128 e. The maximum Gasteiger partial charge on any atom is 0.128 e. The van der Waals surface area contributed by atoms with E-state index in [4.69, 9.17) is 0 Å². The van der Waals surface area contributed by atoms with E-state index in [1.54, 1.807) is 18.5 Å². The quantitative estimate of drug-likeness (QED) is 0.877. The normalized spacial score (nSPS) is 12.6. The van der Waals surface area contributed by atoms with Crippen molar-refractivity contribution in [2.75, 3.05) is 6.54 Å². The SMILES string of the molecule is CCNC(c1cn(C)cn1)c1ccccc1F. The summed E-state index contributed by atoms with van der Waals surface area (Å²) in [6.07, 6.45) is 3.63. The number of rotatable bonds is 4. The Hall–Kier alpha value is -1.68. The summed E-state index contributed by atoms with van der Waals surface area (Å²) < 4.78 is 15.6. The van der Waals surface area contributed by atoms with Gasteiger partial charge >= 0.3 is 0 Å². The number of nitrogens with one attached hydrogen (secondary N) is 1. The van der Waals surface area contributed by atoms with Crippen molar-refractivity contribution in [3.05, 3.63) is 53.9 Å². The van der Waals surface area contributed by atoms with E-state index in [1.165, 1.54) is 6.07 Å². The van der Waals surface area contributed by atoms with E-state index in [0.29, 0.717) is 5.56 Å². The van der Waals surface area contributed by atoms with Crippen LogP contribution in [0.3, 0.4) is 0 Å². The van der Waals surface area contributed by atoms with E-state index < -0.39 is 0 Å². The molecule has 0 saturated carbocycles. The summed E-state index contributed by atoms with van der Waals surface area (Å²) in [5.41, 5.74) is 1.47. The van der Waals surface area contributed by atoms with Gasteiger partial charge < -0.3 is 9.88 Å². The zero-order valence-electron chi connectivity index (χ0n) is 10.0. The van der Waals surface area contributed by atoms with Crippen LogP contribution in [0.15, 0.2) is 36.8 Å². The topological polar surface area (TPSA) is 29.9 Å². The molecule has 17 heavy (non-hydrogen) atoms. The van der Waals surface area contributed by atoms with Gasteiger partial charge in [-0.2, -0.15) is 0 Å². The lowest BCUT2D eigenvalue weighted by atomic mass is 10.0. The molecule has 2 aromatic rings. The number of aryl methyl sites for hydroxylation is 1. The molecule has 0 aliphatic heterocycles. The summed E-state index contributed by atoms with van der Waals surface area (Å²) >= 11 is 0. The van der Waals surface area contributed by atoms with Crippen molar-refractivity contribution in [1.82, 2.24) is 14.9 Å². The first-order valence-electron chi connectivity index (χ1n) is 5.68. The standard InChI is InChI=1S/C13H16FN3/c1-3-15-13(12-8-17(2)9-16-12)10-6-4-5-7-11(10)14/h4-9,13,15H,3H2,1-2H3. The lowest BCUT2D eigenvalue weighted by Gasteiger charge is -2.16. The Labute approximate surface area is 100 Å². The van der Waals surface area contributed by atoms with Gasteiger partial charge in [-0.3, -0.25) is 0 Å². The molecule has 0 bridgehead atoms. The van der Waals surface area contributed by atoms with Crippen molar-refractivity contribution >= 4 is 0 Å². The monoisotopic (exact) mass is 233 g/mol. The van der Waals surface area contributed by atoms with Crippen LogP contribution in [0.1, 0.15) is 24.2 Å². The zero-order valence-corrected chi connectivity index (χ0v) is 10.0. The molecule has 0 fully saturated rings. The van der Waals surface area contributed by atoms with E-state index in [9.17, 15) is 4.39 Å². The Kier molecular flexibility index (Phi) is 3.54. The lowest BCUT2D eigenvalue weighted by molar-refractivity contribution is 0.553. The Balaban J connectivity index is 2.39. The molecular weight excluding hydrogens is 217 g/mol. The molecule has 0 radical (unpaired) electrons. The summed E-state index contributed by atoms with van der Waals surface area (Å²) in [4.78, 5) is 4.29. The van der Waals surface area contributed by atoms with Gasteiger partial charge in [0, 0.05) is 18.8 Å². The number of benzene rings is 1. The first-order chi connectivity index (χ1) is 8.22. The highest BCUT2D eigenvalue weighted by molar-refractivity contribution is 5.28. The number of halogens is 1. The summed E-state index contributed by atoms with van der Waals surface area (Å²) in [5, 5.41) is 3.25. The van der Waals surface area contributed by atoms with Gasteiger partial charge in [-0.05, 0) is 12.6 Å². The van der Waals surface area contributed by atoms with Crippen molar-refractivity contribution in [2.45, 2.75) is 13.0 Å². The fourth-order valence-corrected chi connectivity index (χ4v) is 1.87. The van der Waals surface area contributed by atoms with Crippen molar-refractivity contribution < 1.29 is 4.39 Å². The van der Waals surface area contributed by atoms with E-state index in [1.807, 2.05) is 30.8 Å². The third-order valence-electron chi connectivity index (χ3n) is 2.65. The third kappa shape index (κ3) is 2.53. The van der Waals surface area contributed by atoms with E-state index in [2.05, 4.69) is 10.3 Å². The Bertz CT molecular complexity index is 493. The molecule has 1 heterocycles.